The summed E-state index contributed by atoms with van der Waals surface area (Å²) >= 11 is 1.18. The summed E-state index contributed by atoms with van der Waals surface area (Å²) in [6.45, 7) is 4.93. The highest BCUT2D eigenvalue weighted by atomic mass is 32.2. The summed E-state index contributed by atoms with van der Waals surface area (Å²) in [7, 11) is 0. The first-order chi connectivity index (χ1) is 8.44. The van der Waals surface area contributed by atoms with Crippen LogP contribution in [0.5, 0.6) is 0 Å². The molecule has 0 amide bonds. The third kappa shape index (κ3) is 1.44. The van der Waals surface area contributed by atoms with Gasteiger partial charge in [0.2, 0.25) is 0 Å². The molecule has 0 aromatic carbocycles. The molecule has 18 heavy (non-hydrogen) atoms. The fraction of sp³-hybridized carbons (Fsp3) is 0.500. The van der Waals surface area contributed by atoms with Gasteiger partial charge < -0.3 is 4.57 Å². The zero-order valence-corrected chi connectivity index (χ0v) is 11.3. The van der Waals surface area contributed by atoms with Gasteiger partial charge in [0.1, 0.15) is 5.39 Å². The summed E-state index contributed by atoms with van der Waals surface area (Å²) in [5.74, 6) is -0.370. The molecule has 1 aliphatic heterocycles. The molecule has 3 rings (SSSR count). The highest BCUT2D eigenvalue weighted by molar-refractivity contribution is 7.97. The van der Waals surface area contributed by atoms with Crippen molar-refractivity contribution in [3.63, 3.8) is 0 Å². The molecule has 0 saturated carbocycles. The maximum Gasteiger partial charge on any atom is 0.289 e. The normalized spacial score (nSPS) is 17.3. The van der Waals surface area contributed by atoms with Gasteiger partial charge in [0.05, 0.1) is 17.4 Å². The van der Waals surface area contributed by atoms with Crippen LogP contribution in [-0.2, 0) is 13.0 Å². The molecule has 0 spiro atoms. The van der Waals surface area contributed by atoms with Crippen molar-refractivity contribution >= 4 is 22.9 Å². The van der Waals surface area contributed by atoms with E-state index in [2.05, 4.69) is 18.9 Å². The molecule has 0 unspecified atom stereocenters. The molecule has 2 aromatic heterocycles. The van der Waals surface area contributed by atoms with E-state index in [1.165, 1.54) is 16.0 Å². The molecule has 6 heteroatoms. The van der Waals surface area contributed by atoms with E-state index in [1.807, 2.05) is 4.57 Å². The fourth-order valence-corrected chi connectivity index (χ4v) is 3.07. The Labute approximate surface area is 108 Å². The molecule has 0 aliphatic carbocycles. The van der Waals surface area contributed by atoms with Gasteiger partial charge in [0.15, 0.2) is 5.82 Å². The number of hydrogen-bond acceptors (Lipinski definition) is 3. The van der Waals surface area contributed by atoms with Gasteiger partial charge in [-0.15, -0.1) is 0 Å². The van der Waals surface area contributed by atoms with Crippen molar-refractivity contribution < 1.29 is 4.39 Å². The van der Waals surface area contributed by atoms with Gasteiger partial charge in [0, 0.05) is 12.8 Å². The van der Waals surface area contributed by atoms with Crippen molar-refractivity contribution in [1.29, 1.82) is 0 Å². The van der Waals surface area contributed by atoms with Crippen molar-refractivity contribution in [2.24, 2.45) is 5.41 Å². The molecule has 3 heterocycles. The van der Waals surface area contributed by atoms with Crippen molar-refractivity contribution in [2.75, 3.05) is 6.26 Å². The van der Waals surface area contributed by atoms with E-state index in [4.69, 9.17) is 0 Å². The Morgan fingerprint density at radius 2 is 2.22 bits per heavy atom. The Morgan fingerprint density at radius 1 is 1.50 bits per heavy atom. The Balaban J connectivity index is 2.36. The highest BCUT2D eigenvalue weighted by Crippen LogP contribution is 2.37. The van der Waals surface area contributed by atoms with Crippen LogP contribution >= 0.6 is 11.9 Å². The minimum Gasteiger partial charge on any atom is -0.340 e. The largest absolute Gasteiger partial charge is 0.340 e. The van der Waals surface area contributed by atoms with Crippen molar-refractivity contribution in [2.45, 2.75) is 26.8 Å². The van der Waals surface area contributed by atoms with Gasteiger partial charge in [-0.2, -0.15) is 9.19 Å². The van der Waals surface area contributed by atoms with Crippen LogP contribution in [0.25, 0.3) is 10.9 Å². The van der Waals surface area contributed by atoms with Crippen molar-refractivity contribution in [1.82, 2.24) is 13.8 Å². The second kappa shape index (κ2) is 3.60. The maximum absolute atomic E-state index is 14.4. The lowest BCUT2D eigenvalue weighted by molar-refractivity contribution is 0.361. The Hall–Kier alpha value is -1.30. The lowest BCUT2D eigenvalue weighted by Gasteiger charge is -2.15. The smallest absolute Gasteiger partial charge is 0.289 e. The first-order valence-corrected chi connectivity index (χ1v) is 6.96. The van der Waals surface area contributed by atoms with Crippen LogP contribution in [0.15, 0.2) is 11.0 Å². The summed E-state index contributed by atoms with van der Waals surface area (Å²) < 4.78 is 17.5. The molecule has 0 bridgehead atoms. The lowest BCUT2D eigenvalue weighted by atomic mass is 9.91. The van der Waals surface area contributed by atoms with Gasteiger partial charge in [-0.25, -0.2) is 4.39 Å². The molecule has 0 N–H and O–H groups in total. The summed E-state index contributed by atoms with van der Waals surface area (Å²) in [5.41, 5.74) is 0.923. The molecular formula is C12H14FN3OS. The van der Waals surface area contributed by atoms with E-state index in [-0.39, 0.29) is 22.2 Å². The monoisotopic (exact) mass is 267 g/mol. The van der Waals surface area contributed by atoms with Gasteiger partial charge in [-0.1, -0.05) is 13.8 Å². The van der Waals surface area contributed by atoms with Crippen molar-refractivity contribution in [3.05, 3.63) is 28.1 Å². The molecule has 0 radical (unpaired) electrons. The van der Waals surface area contributed by atoms with E-state index in [1.54, 1.807) is 12.5 Å². The third-order valence-electron chi connectivity index (χ3n) is 3.42. The molecule has 96 valence electrons. The van der Waals surface area contributed by atoms with Gasteiger partial charge >= 0.3 is 0 Å². The molecule has 0 atom stereocenters. The number of rotatable bonds is 1. The summed E-state index contributed by atoms with van der Waals surface area (Å²) in [6, 6.07) is 0. The molecule has 2 aromatic rings. The maximum atomic E-state index is 14.4. The van der Waals surface area contributed by atoms with Crippen LogP contribution in [0.2, 0.25) is 0 Å². The first-order valence-electron chi connectivity index (χ1n) is 5.78. The van der Waals surface area contributed by atoms with Crippen LogP contribution in [0.3, 0.4) is 0 Å². The number of nitrogens with zero attached hydrogens (tertiary/aromatic N) is 3. The average molecular weight is 267 g/mol. The summed E-state index contributed by atoms with van der Waals surface area (Å²) in [6.07, 6.45) is 3.98. The van der Waals surface area contributed by atoms with Gasteiger partial charge in [0.25, 0.3) is 5.56 Å². The van der Waals surface area contributed by atoms with Gasteiger partial charge in [-0.3, -0.25) is 4.79 Å². The Kier molecular flexibility index (Phi) is 2.35. The SMILES string of the molecule is CSn1ncc2c(c(F)c3n2CC(C)(C)C3)c1=O. The zero-order chi connectivity index (χ0) is 13.1. The quantitative estimate of drug-likeness (QED) is 0.794. The molecular weight excluding hydrogens is 253 g/mol. The molecule has 4 nitrogen and oxygen atoms in total. The highest BCUT2D eigenvalue weighted by Gasteiger charge is 2.34. The van der Waals surface area contributed by atoms with E-state index in [0.29, 0.717) is 17.6 Å². The van der Waals surface area contributed by atoms with E-state index in [9.17, 15) is 9.18 Å². The third-order valence-corrected chi connectivity index (χ3v) is 4.03. The number of halogens is 1. The van der Waals surface area contributed by atoms with Crippen LogP contribution < -0.4 is 5.56 Å². The van der Waals surface area contributed by atoms with Crippen molar-refractivity contribution in [3.8, 4) is 0 Å². The lowest BCUT2D eigenvalue weighted by Crippen LogP contribution is -2.19. The minimum absolute atomic E-state index is 0.0404. The summed E-state index contributed by atoms with van der Waals surface area (Å²) in [5, 5.41) is 4.21. The topological polar surface area (TPSA) is 39.8 Å². The van der Waals surface area contributed by atoms with Crippen LogP contribution in [0.1, 0.15) is 19.5 Å². The number of hydrogen-bond donors (Lipinski definition) is 0. The first kappa shape index (κ1) is 11.8. The fourth-order valence-electron chi connectivity index (χ4n) is 2.67. The number of fused-ring (bicyclic) bond motifs is 3. The van der Waals surface area contributed by atoms with Crippen LogP contribution in [0, 0.1) is 11.2 Å². The van der Waals surface area contributed by atoms with Crippen LogP contribution in [0.4, 0.5) is 4.39 Å². The molecule has 1 aliphatic rings. The predicted octanol–water partition coefficient (Wildman–Crippen LogP) is 2.05. The van der Waals surface area contributed by atoms with E-state index >= 15 is 0 Å². The van der Waals surface area contributed by atoms with Crippen LogP contribution in [-0.4, -0.2) is 20.0 Å². The second-order valence-electron chi connectivity index (χ2n) is 5.45. The standard InChI is InChI=1S/C12H14FN3OS/c1-12(2)4-7-10(13)9-8(15(7)6-12)5-14-16(18-3)11(9)17/h5H,4,6H2,1-3H3. The second-order valence-corrected chi connectivity index (χ2v) is 6.16. The Bertz CT molecular complexity index is 701. The molecule has 0 fully saturated rings. The minimum atomic E-state index is -0.370. The van der Waals surface area contributed by atoms with E-state index < -0.39 is 0 Å². The Morgan fingerprint density at radius 3 is 2.89 bits per heavy atom. The average Bonchev–Trinajstić information content (AvgIpc) is 2.74. The number of aromatic nitrogens is 3. The van der Waals surface area contributed by atoms with E-state index in [0.717, 1.165) is 6.54 Å². The summed E-state index contributed by atoms with van der Waals surface area (Å²) in [4.78, 5) is 12.1. The van der Waals surface area contributed by atoms with Gasteiger partial charge in [-0.05, 0) is 23.8 Å². The zero-order valence-electron chi connectivity index (χ0n) is 10.5. The molecule has 0 saturated heterocycles. The predicted molar refractivity (Wildman–Crippen MR) is 70.3 cm³/mol.